The van der Waals surface area contributed by atoms with Crippen LogP contribution < -0.4 is 0 Å². The minimum atomic E-state index is -1.71. The molecule has 0 saturated heterocycles. The van der Waals surface area contributed by atoms with E-state index in [-0.39, 0.29) is 10.6 Å². The van der Waals surface area contributed by atoms with E-state index >= 15 is 0 Å². The zero-order valence-corrected chi connectivity index (χ0v) is 7.20. The minimum Gasteiger partial charge on any atom is -0.306 e. The Bertz CT molecular complexity index is 140. The molecule has 0 aromatic rings. The molecule has 60 valence electrons. The van der Waals surface area contributed by atoms with Crippen LogP contribution in [-0.4, -0.2) is 19.4 Å². The Morgan fingerprint density at radius 1 is 1.40 bits per heavy atom. The largest absolute Gasteiger partial charge is 0.306 e. The third-order valence-electron chi connectivity index (χ3n) is 1.88. The third kappa shape index (κ3) is 1.94. The lowest BCUT2D eigenvalue weighted by Crippen LogP contribution is -2.29. The van der Waals surface area contributed by atoms with Gasteiger partial charge in [-0.3, -0.25) is 0 Å². The maximum absolute atomic E-state index is 10.6. The van der Waals surface area contributed by atoms with Gasteiger partial charge in [-0.1, -0.05) is 12.8 Å². The first-order chi connectivity index (χ1) is 4.72. The molecular weight excluding hydrogens is 172 g/mol. The van der Waals surface area contributed by atoms with Crippen LogP contribution in [0, 0.1) is 0 Å². The molecule has 1 saturated carbocycles. The molecule has 1 aliphatic carbocycles. The molecule has 0 aliphatic heterocycles. The van der Waals surface area contributed by atoms with Crippen molar-refractivity contribution in [1.82, 2.24) is 0 Å². The number of alkyl halides is 1. The SMILES string of the molecule is O=S(O)C1CCCCC1Cl. The van der Waals surface area contributed by atoms with Gasteiger partial charge in [0.05, 0.1) is 10.6 Å². The maximum atomic E-state index is 10.6. The van der Waals surface area contributed by atoms with Crippen molar-refractivity contribution >= 4 is 22.7 Å². The van der Waals surface area contributed by atoms with Gasteiger partial charge in [-0.05, 0) is 12.8 Å². The minimum absolute atomic E-state index is 0.0837. The van der Waals surface area contributed by atoms with Crippen LogP contribution >= 0.6 is 11.6 Å². The second kappa shape index (κ2) is 3.69. The van der Waals surface area contributed by atoms with Crippen LogP contribution in [0.15, 0.2) is 0 Å². The average Bonchev–Trinajstić information content (AvgIpc) is 1.88. The molecule has 10 heavy (non-hydrogen) atoms. The van der Waals surface area contributed by atoms with E-state index < -0.39 is 11.1 Å². The summed E-state index contributed by atoms with van der Waals surface area (Å²) in [4.78, 5) is 0. The fourth-order valence-corrected chi connectivity index (χ4v) is 2.58. The van der Waals surface area contributed by atoms with Crippen molar-refractivity contribution in [2.75, 3.05) is 0 Å². The highest BCUT2D eigenvalue weighted by atomic mass is 35.5. The lowest BCUT2D eigenvalue weighted by Gasteiger charge is -2.23. The number of hydrogen-bond acceptors (Lipinski definition) is 1. The molecular formula is C6H11ClO2S. The second-order valence-electron chi connectivity index (χ2n) is 2.62. The molecule has 4 heteroatoms. The monoisotopic (exact) mass is 182 g/mol. The van der Waals surface area contributed by atoms with E-state index in [2.05, 4.69) is 0 Å². The zero-order chi connectivity index (χ0) is 7.56. The first-order valence-corrected chi connectivity index (χ1v) is 5.06. The van der Waals surface area contributed by atoms with Crippen molar-refractivity contribution in [3.8, 4) is 0 Å². The third-order valence-corrected chi connectivity index (χ3v) is 3.63. The highest BCUT2D eigenvalue weighted by molar-refractivity contribution is 7.80. The lowest BCUT2D eigenvalue weighted by molar-refractivity contribution is 0.476. The van der Waals surface area contributed by atoms with Gasteiger partial charge in [-0.15, -0.1) is 11.6 Å². The highest BCUT2D eigenvalue weighted by Crippen LogP contribution is 2.25. The molecule has 1 rings (SSSR count). The van der Waals surface area contributed by atoms with Crippen molar-refractivity contribution in [2.45, 2.75) is 36.3 Å². The number of rotatable bonds is 1. The van der Waals surface area contributed by atoms with Crippen LogP contribution in [-0.2, 0) is 11.1 Å². The van der Waals surface area contributed by atoms with E-state index in [1.165, 1.54) is 0 Å². The van der Waals surface area contributed by atoms with Crippen LogP contribution in [0.5, 0.6) is 0 Å². The summed E-state index contributed by atoms with van der Waals surface area (Å²) in [6.45, 7) is 0. The van der Waals surface area contributed by atoms with Crippen LogP contribution in [0.3, 0.4) is 0 Å². The molecule has 3 atom stereocenters. The van der Waals surface area contributed by atoms with Crippen molar-refractivity contribution in [3.05, 3.63) is 0 Å². The lowest BCUT2D eigenvalue weighted by atomic mass is 10.00. The van der Waals surface area contributed by atoms with Gasteiger partial charge in [-0.25, -0.2) is 4.21 Å². The summed E-state index contributed by atoms with van der Waals surface area (Å²) in [6, 6.07) is 0. The van der Waals surface area contributed by atoms with Crippen molar-refractivity contribution < 1.29 is 8.76 Å². The van der Waals surface area contributed by atoms with Gasteiger partial charge in [-0.2, -0.15) is 0 Å². The summed E-state index contributed by atoms with van der Waals surface area (Å²) >= 11 is 4.11. The van der Waals surface area contributed by atoms with Gasteiger partial charge < -0.3 is 4.55 Å². The molecule has 0 heterocycles. The molecule has 0 bridgehead atoms. The molecule has 0 amide bonds. The van der Waals surface area contributed by atoms with Crippen molar-refractivity contribution in [3.63, 3.8) is 0 Å². The Balaban J connectivity index is 2.47. The molecule has 2 nitrogen and oxygen atoms in total. The Hall–Kier alpha value is 0.400. The van der Waals surface area contributed by atoms with Gasteiger partial charge in [0.25, 0.3) is 0 Å². The molecule has 1 fully saturated rings. The van der Waals surface area contributed by atoms with Crippen LogP contribution in [0.25, 0.3) is 0 Å². The zero-order valence-electron chi connectivity index (χ0n) is 5.62. The molecule has 0 aromatic carbocycles. The van der Waals surface area contributed by atoms with Crippen LogP contribution in [0.4, 0.5) is 0 Å². The average molecular weight is 183 g/mol. The van der Waals surface area contributed by atoms with Crippen molar-refractivity contribution in [2.24, 2.45) is 0 Å². The van der Waals surface area contributed by atoms with Crippen LogP contribution in [0.2, 0.25) is 0 Å². The predicted molar refractivity (Wildman–Crippen MR) is 42.7 cm³/mol. The van der Waals surface area contributed by atoms with Crippen LogP contribution in [0.1, 0.15) is 25.7 Å². The van der Waals surface area contributed by atoms with Gasteiger partial charge in [0.15, 0.2) is 11.1 Å². The van der Waals surface area contributed by atoms with Crippen molar-refractivity contribution in [1.29, 1.82) is 0 Å². The van der Waals surface area contributed by atoms with E-state index in [0.29, 0.717) is 0 Å². The molecule has 0 spiro atoms. The van der Waals surface area contributed by atoms with E-state index in [0.717, 1.165) is 25.7 Å². The van der Waals surface area contributed by atoms with E-state index in [4.69, 9.17) is 16.2 Å². The Morgan fingerprint density at radius 2 is 2.00 bits per heavy atom. The summed E-state index contributed by atoms with van der Waals surface area (Å²) in [5.41, 5.74) is 0. The Kier molecular flexibility index (Phi) is 3.14. The maximum Gasteiger partial charge on any atom is 0.157 e. The molecule has 1 aliphatic rings. The summed E-state index contributed by atoms with van der Waals surface area (Å²) in [5.74, 6) is 0. The summed E-state index contributed by atoms with van der Waals surface area (Å²) in [5, 5.41) is -0.269. The summed E-state index contributed by atoms with van der Waals surface area (Å²) in [6.07, 6.45) is 3.83. The first kappa shape index (κ1) is 8.50. The Labute approximate surface area is 68.2 Å². The normalized spacial score (nSPS) is 37.4. The smallest absolute Gasteiger partial charge is 0.157 e. The van der Waals surface area contributed by atoms with Gasteiger partial charge in [0.2, 0.25) is 0 Å². The summed E-state index contributed by atoms with van der Waals surface area (Å²) in [7, 11) is 0. The van der Waals surface area contributed by atoms with Gasteiger partial charge >= 0.3 is 0 Å². The first-order valence-electron chi connectivity index (χ1n) is 3.45. The van der Waals surface area contributed by atoms with E-state index in [9.17, 15) is 4.21 Å². The fourth-order valence-electron chi connectivity index (χ4n) is 1.28. The Morgan fingerprint density at radius 3 is 2.40 bits per heavy atom. The second-order valence-corrected chi connectivity index (χ2v) is 4.33. The van der Waals surface area contributed by atoms with E-state index in [1.54, 1.807) is 0 Å². The quantitative estimate of drug-likeness (QED) is 0.496. The topological polar surface area (TPSA) is 37.3 Å². The van der Waals surface area contributed by atoms with E-state index in [1.807, 2.05) is 0 Å². The highest BCUT2D eigenvalue weighted by Gasteiger charge is 2.27. The predicted octanol–water partition coefficient (Wildman–Crippen LogP) is 1.76. The number of halogens is 1. The molecule has 1 N–H and O–H groups in total. The molecule has 0 aromatic heterocycles. The molecule has 3 unspecified atom stereocenters. The van der Waals surface area contributed by atoms with Gasteiger partial charge in [0, 0.05) is 0 Å². The number of hydrogen-bond donors (Lipinski definition) is 1. The molecule has 0 radical (unpaired) electrons. The summed E-state index contributed by atoms with van der Waals surface area (Å²) < 4.78 is 19.3. The van der Waals surface area contributed by atoms with Gasteiger partial charge in [0.1, 0.15) is 0 Å². The fraction of sp³-hybridized carbons (Fsp3) is 1.00. The standard InChI is InChI=1S/C6H11ClO2S/c7-5-3-1-2-4-6(5)10(8)9/h5-6H,1-4H2,(H,8,9).